The summed E-state index contributed by atoms with van der Waals surface area (Å²) >= 11 is 0. The van der Waals surface area contributed by atoms with E-state index in [0.717, 1.165) is 35.5 Å². The number of fused-ring (bicyclic) bond motifs is 1. The second kappa shape index (κ2) is 7.38. The monoisotopic (exact) mass is 353 g/mol. The van der Waals surface area contributed by atoms with Crippen LogP contribution in [0.2, 0.25) is 0 Å². The summed E-state index contributed by atoms with van der Waals surface area (Å²) in [5.41, 5.74) is 2.62. The zero-order valence-corrected chi connectivity index (χ0v) is 14.9. The number of nitrogens with one attached hydrogen (secondary N) is 1. The van der Waals surface area contributed by atoms with Crippen LogP contribution in [0.5, 0.6) is 11.5 Å². The Bertz CT molecular complexity index is 800. The van der Waals surface area contributed by atoms with Gasteiger partial charge in [-0.1, -0.05) is 24.3 Å². The van der Waals surface area contributed by atoms with Gasteiger partial charge in [0.2, 0.25) is 0 Å². The summed E-state index contributed by atoms with van der Waals surface area (Å²) in [5.74, 6) is 1.93. The van der Waals surface area contributed by atoms with Crippen molar-refractivity contribution in [2.75, 3.05) is 20.3 Å². The maximum absolute atomic E-state index is 12.9. The molecule has 0 saturated heterocycles. The normalized spacial score (nSPS) is 16.8. The van der Waals surface area contributed by atoms with E-state index < -0.39 is 0 Å². The van der Waals surface area contributed by atoms with Gasteiger partial charge in [-0.2, -0.15) is 0 Å². The molecule has 0 aromatic heterocycles. The number of rotatable bonds is 6. The van der Waals surface area contributed by atoms with Gasteiger partial charge in [0, 0.05) is 12.7 Å². The lowest BCUT2D eigenvalue weighted by atomic mass is 10.00. The molecule has 1 aliphatic heterocycles. The Balaban J connectivity index is 1.57. The van der Waals surface area contributed by atoms with Crippen molar-refractivity contribution in [3.63, 3.8) is 0 Å². The van der Waals surface area contributed by atoms with E-state index in [1.807, 2.05) is 42.5 Å². The van der Waals surface area contributed by atoms with E-state index >= 15 is 0 Å². The SMILES string of the molecule is COCc1ccccc1C(=O)NC(c1ccc2c(c1)OCCO2)C1CC1. The summed E-state index contributed by atoms with van der Waals surface area (Å²) in [6.45, 7) is 1.55. The molecule has 2 aliphatic rings. The second-order valence-corrected chi connectivity index (χ2v) is 6.78. The van der Waals surface area contributed by atoms with Crippen LogP contribution in [0.15, 0.2) is 42.5 Å². The number of carbonyl (C=O) groups is 1. The first-order valence-corrected chi connectivity index (χ1v) is 9.03. The largest absolute Gasteiger partial charge is 0.486 e. The van der Waals surface area contributed by atoms with Crippen LogP contribution in [0.3, 0.4) is 0 Å². The predicted molar refractivity (Wildman–Crippen MR) is 97.5 cm³/mol. The van der Waals surface area contributed by atoms with Crippen molar-refractivity contribution in [1.29, 1.82) is 0 Å². The van der Waals surface area contributed by atoms with Crippen LogP contribution in [0.1, 0.15) is 40.4 Å². The molecule has 1 unspecified atom stereocenters. The van der Waals surface area contributed by atoms with Crippen molar-refractivity contribution < 1.29 is 19.0 Å². The molecule has 1 N–H and O–H groups in total. The van der Waals surface area contributed by atoms with Crippen molar-refractivity contribution >= 4 is 5.91 Å². The van der Waals surface area contributed by atoms with Crippen molar-refractivity contribution in [1.82, 2.24) is 5.32 Å². The minimum atomic E-state index is -0.0653. The second-order valence-electron chi connectivity index (χ2n) is 6.78. The Morgan fingerprint density at radius 1 is 1.15 bits per heavy atom. The molecule has 1 saturated carbocycles. The van der Waals surface area contributed by atoms with Crippen LogP contribution in [0.4, 0.5) is 0 Å². The van der Waals surface area contributed by atoms with Crippen LogP contribution in [0.25, 0.3) is 0 Å². The standard InChI is InChI=1S/C21H23NO4/c1-24-13-16-4-2-3-5-17(16)21(23)22-20(14-6-7-14)15-8-9-18-19(12-15)26-11-10-25-18/h2-5,8-9,12,14,20H,6-7,10-11,13H2,1H3,(H,22,23). The minimum Gasteiger partial charge on any atom is -0.486 e. The number of benzene rings is 2. The first-order valence-electron chi connectivity index (χ1n) is 9.03. The number of methoxy groups -OCH3 is 1. The number of hydrogen-bond donors (Lipinski definition) is 1. The lowest BCUT2D eigenvalue weighted by Gasteiger charge is -2.23. The Labute approximate surface area is 153 Å². The molecule has 2 aromatic carbocycles. The van der Waals surface area contributed by atoms with E-state index in [2.05, 4.69) is 5.32 Å². The average Bonchev–Trinajstić information content (AvgIpc) is 3.51. The molecule has 1 atom stereocenters. The van der Waals surface area contributed by atoms with E-state index in [4.69, 9.17) is 14.2 Å². The average molecular weight is 353 g/mol. The highest BCUT2D eigenvalue weighted by atomic mass is 16.6. The fourth-order valence-electron chi connectivity index (χ4n) is 3.40. The fourth-order valence-corrected chi connectivity index (χ4v) is 3.40. The van der Waals surface area contributed by atoms with Crippen molar-refractivity contribution in [2.24, 2.45) is 5.92 Å². The molecular formula is C21H23NO4. The van der Waals surface area contributed by atoms with Crippen LogP contribution in [-0.2, 0) is 11.3 Å². The first-order chi connectivity index (χ1) is 12.8. The molecule has 0 spiro atoms. The number of ether oxygens (including phenoxy) is 3. The summed E-state index contributed by atoms with van der Waals surface area (Å²) in [6.07, 6.45) is 2.25. The lowest BCUT2D eigenvalue weighted by molar-refractivity contribution is 0.0926. The Hall–Kier alpha value is -2.53. The maximum atomic E-state index is 12.9. The molecule has 2 aromatic rings. The van der Waals surface area contributed by atoms with Crippen molar-refractivity contribution in [2.45, 2.75) is 25.5 Å². The summed E-state index contributed by atoms with van der Waals surface area (Å²) in [6, 6.07) is 13.5. The molecule has 5 heteroatoms. The van der Waals surface area contributed by atoms with Gasteiger partial charge in [0.1, 0.15) is 13.2 Å². The van der Waals surface area contributed by atoms with Crippen LogP contribution in [0, 0.1) is 5.92 Å². The molecule has 0 bridgehead atoms. The van der Waals surface area contributed by atoms with Gasteiger partial charge in [0.15, 0.2) is 11.5 Å². The first kappa shape index (κ1) is 16.9. The minimum absolute atomic E-state index is 0.0195. The van der Waals surface area contributed by atoms with Gasteiger partial charge in [0.05, 0.1) is 12.6 Å². The molecule has 0 radical (unpaired) electrons. The maximum Gasteiger partial charge on any atom is 0.252 e. The smallest absolute Gasteiger partial charge is 0.252 e. The van der Waals surface area contributed by atoms with Crippen molar-refractivity contribution in [3.05, 3.63) is 59.2 Å². The van der Waals surface area contributed by atoms with Gasteiger partial charge in [-0.25, -0.2) is 0 Å². The van der Waals surface area contributed by atoms with Gasteiger partial charge in [-0.15, -0.1) is 0 Å². The number of carbonyl (C=O) groups excluding carboxylic acids is 1. The third-order valence-electron chi connectivity index (χ3n) is 4.87. The summed E-state index contributed by atoms with van der Waals surface area (Å²) in [7, 11) is 1.64. The Morgan fingerprint density at radius 3 is 2.69 bits per heavy atom. The highest BCUT2D eigenvalue weighted by molar-refractivity contribution is 5.96. The highest BCUT2D eigenvalue weighted by Crippen LogP contribution is 2.43. The summed E-state index contributed by atoms with van der Waals surface area (Å²) in [4.78, 5) is 12.9. The number of amides is 1. The molecule has 1 fully saturated rings. The van der Waals surface area contributed by atoms with Gasteiger partial charge in [-0.05, 0) is 48.1 Å². The van der Waals surface area contributed by atoms with Gasteiger partial charge in [0.25, 0.3) is 5.91 Å². The van der Waals surface area contributed by atoms with Crippen molar-refractivity contribution in [3.8, 4) is 11.5 Å². The highest BCUT2D eigenvalue weighted by Gasteiger charge is 2.34. The zero-order chi connectivity index (χ0) is 17.9. The van der Waals surface area contributed by atoms with E-state index in [-0.39, 0.29) is 11.9 Å². The van der Waals surface area contributed by atoms with Crippen LogP contribution in [-0.4, -0.2) is 26.2 Å². The Kier molecular flexibility index (Phi) is 4.80. The Morgan fingerprint density at radius 2 is 1.92 bits per heavy atom. The summed E-state index contributed by atoms with van der Waals surface area (Å²) in [5, 5.41) is 3.23. The molecule has 26 heavy (non-hydrogen) atoms. The molecular weight excluding hydrogens is 330 g/mol. The van der Waals surface area contributed by atoms with E-state index in [1.165, 1.54) is 0 Å². The lowest BCUT2D eigenvalue weighted by Crippen LogP contribution is -2.30. The topological polar surface area (TPSA) is 56.8 Å². The van der Waals surface area contributed by atoms with E-state index in [9.17, 15) is 4.79 Å². The third-order valence-corrected chi connectivity index (χ3v) is 4.87. The van der Waals surface area contributed by atoms with E-state index in [1.54, 1.807) is 7.11 Å². The summed E-state index contributed by atoms with van der Waals surface area (Å²) < 4.78 is 16.5. The molecule has 4 rings (SSSR count). The van der Waals surface area contributed by atoms with Gasteiger partial charge in [-0.3, -0.25) is 4.79 Å². The van der Waals surface area contributed by atoms with Gasteiger partial charge >= 0.3 is 0 Å². The quantitative estimate of drug-likeness (QED) is 0.864. The van der Waals surface area contributed by atoms with Crippen LogP contribution < -0.4 is 14.8 Å². The molecule has 1 aliphatic carbocycles. The van der Waals surface area contributed by atoms with Crippen LogP contribution >= 0.6 is 0 Å². The van der Waals surface area contributed by atoms with Gasteiger partial charge < -0.3 is 19.5 Å². The third kappa shape index (κ3) is 3.53. The van der Waals surface area contributed by atoms with E-state index in [0.29, 0.717) is 31.3 Å². The molecule has 1 heterocycles. The predicted octanol–water partition coefficient (Wildman–Crippen LogP) is 3.49. The molecule has 5 nitrogen and oxygen atoms in total. The molecule has 136 valence electrons. The zero-order valence-electron chi connectivity index (χ0n) is 14.9. The number of hydrogen-bond acceptors (Lipinski definition) is 4. The molecule has 1 amide bonds. The fraction of sp³-hybridized carbons (Fsp3) is 0.381.